The molecule has 1 aromatic carbocycles. The zero-order valence-corrected chi connectivity index (χ0v) is 15.9. The number of esters is 1. The predicted octanol–water partition coefficient (Wildman–Crippen LogP) is 4.59. The SMILES string of the molecule is COC(=O)CSCC(C)(C)CCCC(O)c1cccc(Br)c1. The molecule has 0 saturated carbocycles. The smallest absolute Gasteiger partial charge is 0.315 e. The van der Waals surface area contributed by atoms with Gasteiger partial charge in [0.25, 0.3) is 0 Å². The Bertz CT molecular complexity index is 477. The highest BCUT2D eigenvalue weighted by Crippen LogP contribution is 2.30. The molecule has 5 heteroatoms. The van der Waals surface area contributed by atoms with E-state index in [0.29, 0.717) is 5.75 Å². The lowest BCUT2D eigenvalue weighted by Gasteiger charge is -2.24. The molecule has 3 nitrogen and oxygen atoms in total. The highest BCUT2D eigenvalue weighted by atomic mass is 79.9. The van der Waals surface area contributed by atoms with Crippen molar-refractivity contribution in [1.29, 1.82) is 0 Å². The molecule has 0 bridgehead atoms. The van der Waals surface area contributed by atoms with Crippen LogP contribution in [0, 0.1) is 5.41 Å². The monoisotopic (exact) mass is 388 g/mol. The van der Waals surface area contributed by atoms with Crippen LogP contribution in [0.1, 0.15) is 44.8 Å². The van der Waals surface area contributed by atoms with Crippen LogP contribution in [-0.2, 0) is 9.53 Å². The summed E-state index contributed by atoms with van der Waals surface area (Å²) < 4.78 is 5.63. The Kier molecular flexibility index (Phi) is 8.50. The zero-order chi connectivity index (χ0) is 16.6. The summed E-state index contributed by atoms with van der Waals surface area (Å²) in [7, 11) is 1.41. The van der Waals surface area contributed by atoms with Gasteiger partial charge in [0.15, 0.2) is 0 Å². The minimum absolute atomic E-state index is 0.148. The molecule has 124 valence electrons. The Balaban J connectivity index is 2.31. The van der Waals surface area contributed by atoms with E-state index in [1.165, 1.54) is 7.11 Å². The molecule has 0 saturated heterocycles. The van der Waals surface area contributed by atoms with Crippen molar-refractivity contribution in [2.75, 3.05) is 18.6 Å². The van der Waals surface area contributed by atoms with Crippen LogP contribution in [0.5, 0.6) is 0 Å². The molecule has 22 heavy (non-hydrogen) atoms. The van der Waals surface area contributed by atoms with Crippen molar-refractivity contribution in [1.82, 2.24) is 0 Å². The molecule has 0 aliphatic carbocycles. The summed E-state index contributed by atoms with van der Waals surface area (Å²) >= 11 is 5.03. The van der Waals surface area contributed by atoms with E-state index in [4.69, 9.17) is 0 Å². The normalized spacial score (nSPS) is 13.0. The second-order valence-corrected chi connectivity index (χ2v) is 8.10. The highest BCUT2D eigenvalue weighted by molar-refractivity contribution is 9.10. The molecule has 0 fully saturated rings. The van der Waals surface area contributed by atoms with Crippen LogP contribution in [-0.4, -0.2) is 29.7 Å². The highest BCUT2D eigenvalue weighted by Gasteiger charge is 2.19. The fourth-order valence-corrected chi connectivity index (χ4v) is 3.70. The molecule has 0 radical (unpaired) electrons. The standard InChI is InChI=1S/C17H25BrO3S/c1-17(2,12-22-11-16(20)21-3)9-5-8-15(19)13-6-4-7-14(18)10-13/h4,6-7,10,15,19H,5,8-9,11-12H2,1-3H3. The van der Waals surface area contributed by atoms with Crippen molar-refractivity contribution in [2.24, 2.45) is 5.41 Å². The number of rotatable bonds is 9. The number of halogens is 1. The summed E-state index contributed by atoms with van der Waals surface area (Å²) in [5.74, 6) is 1.14. The summed E-state index contributed by atoms with van der Waals surface area (Å²) in [6.07, 6.45) is 2.31. The summed E-state index contributed by atoms with van der Waals surface area (Å²) in [4.78, 5) is 11.1. The van der Waals surface area contributed by atoms with E-state index in [0.717, 1.165) is 35.1 Å². The maximum atomic E-state index is 11.1. The van der Waals surface area contributed by atoms with Crippen molar-refractivity contribution in [2.45, 2.75) is 39.2 Å². The Hall–Kier alpha value is -0.520. The minimum Gasteiger partial charge on any atom is -0.468 e. The lowest BCUT2D eigenvalue weighted by atomic mass is 9.88. The number of carbonyl (C=O) groups excluding carboxylic acids is 1. The summed E-state index contributed by atoms with van der Waals surface area (Å²) in [6.45, 7) is 4.39. The van der Waals surface area contributed by atoms with Crippen molar-refractivity contribution in [3.63, 3.8) is 0 Å². The van der Waals surface area contributed by atoms with Gasteiger partial charge in [-0.3, -0.25) is 4.79 Å². The molecule has 1 N–H and O–H groups in total. The first kappa shape index (κ1) is 19.5. The number of hydrogen-bond donors (Lipinski definition) is 1. The average molecular weight is 389 g/mol. The van der Waals surface area contributed by atoms with E-state index in [1.807, 2.05) is 24.3 Å². The lowest BCUT2D eigenvalue weighted by Crippen LogP contribution is -2.17. The molecular formula is C17H25BrO3S. The van der Waals surface area contributed by atoms with Crippen molar-refractivity contribution in [3.05, 3.63) is 34.3 Å². The van der Waals surface area contributed by atoms with Gasteiger partial charge in [-0.1, -0.05) is 41.9 Å². The van der Waals surface area contributed by atoms with Crippen LogP contribution in [0.2, 0.25) is 0 Å². The Morgan fingerprint density at radius 2 is 2.18 bits per heavy atom. The summed E-state index contributed by atoms with van der Waals surface area (Å²) in [5.41, 5.74) is 1.10. The molecule has 0 heterocycles. The van der Waals surface area contributed by atoms with Gasteiger partial charge in [0, 0.05) is 4.47 Å². The van der Waals surface area contributed by atoms with Crippen LogP contribution in [0.25, 0.3) is 0 Å². The third kappa shape index (κ3) is 7.65. The van der Waals surface area contributed by atoms with E-state index in [1.54, 1.807) is 11.8 Å². The number of methoxy groups -OCH3 is 1. The van der Waals surface area contributed by atoms with Gasteiger partial charge in [-0.05, 0) is 48.1 Å². The van der Waals surface area contributed by atoms with Crippen LogP contribution < -0.4 is 0 Å². The number of aliphatic hydroxyl groups excluding tert-OH is 1. The molecule has 1 aromatic rings. The number of thioether (sulfide) groups is 1. The van der Waals surface area contributed by atoms with Crippen LogP contribution in [0.4, 0.5) is 0 Å². The maximum absolute atomic E-state index is 11.1. The molecule has 0 aliphatic heterocycles. The largest absolute Gasteiger partial charge is 0.468 e. The number of carbonyl (C=O) groups is 1. The molecule has 1 atom stereocenters. The second kappa shape index (κ2) is 9.58. The van der Waals surface area contributed by atoms with Gasteiger partial charge in [-0.2, -0.15) is 0 Å². The Morgan fingerprint density at radius 1 is 1.45 bits per heavy atom. The van der Waals surface area contributed by atoms with E-state index >= 15 is 0 Å². The van der Waals surface area contributed by atoms with Gasteiger partial charge in [0.1, 0.15) is 0 Å². The predicted molar refractivity (Wildman–Crippen MR) is 96.1 cm³/mol. The number of aliphatic hydroxyl groups is 1. The maximum Gasteiger partial charge on any atom is 0.315 e. The fraction of sp³-hybridized carbons (Fsp3) is 0.588. The number of hydrogen-bond acceptors (Lipinski definition) is 4. The van der Waals surface area contributed by atoms with Crippen molar-refractivity contribution in [3.8, 4) is 0 Å². The van der Waals surface area contributed by atoms with Crippen LogP contribution in [0.3, 0.4) is 0 Å². The third-order valence-electron chi connectivity index (χ3n) is 3.50. The van der Waals surface area contributed by atoms with Gasteiger partial charge >= 0.3 is 5.97 Å². The van der Waals surface area contributed by atoms with Gasteiger partial charge in [0.2, 0.25) is 0 Å². The van der Waals surface area contributed by atoms with Crippen LogP contribution in [0.15, 0.2) is 28.7 Å². The van der Waals surface area contributed by atoms with Gasteiger partial charge in [-0.15, -0.1) is 11.8 Å². The summed E-state index contributed by atoms with van der Waals surface area (Å²) in [6, 6.07) is 7.81. The summed E-state index contributed by atoms with van der Waals surface area (Å²) in [5, 5.41) is 10.2. The number of benzene rings is 1. The molecule has 0 aliphatic rings. The second-order valence-electron chi connectivity index (χ2n) is 6.20. The molecule has 0 aromatic heterocycles. The first-order valence-corrected chi connectivity index (χ1v) is 9.37. The zero-order valence-electron chi connectivity index (χ0n) is 13.5. The molecule has 0 spiro atoms. The van der Waals surface area contributed by atoms with Crippen LogP contribution >= 0.6 is 27.7 Å². The van der Waals surface area contributed by atoms with Gasteiger partial charge in [0.05, 0.1) is 19.0 Å². The molecular weight excluding hydrogens is 364 g/mol. The fourth-order valence-electron chi connectivity index (χ4n) is 2.20. The number of ether oxygens (including phenoxy) is 1. The van der Waals surface area contributed by atoms with Gasteiger partial charge in [-0.25, -0.2) is 0 Å². The first-order chi connectivity index (χ1) is 10.3. The Morgan fingerprint density at radius 3 is 2.82 bits per heavy atom. The first-order valence-electron chi connectivity index (χ1n) is 7.42. The minimum atomic E-state index is -0.420. The van der Waals surface area contributed by atoms with E-state index < -0.39 is 6.10 Å². The molecule has 0 amide bonds. The van der Waals surface area contributed by atoms with Gasteiger partial charge < -0.3 is 9.84 Å². The topological polar surface area (TPSA) is 46.5 Å². The lowest BCUT2D eigenvalue weighted by molar-refractivity contribution is -0.137. The van der Waals surface area contributed by atoms with E-state index in [-0.39, 0.29) is 11.4 Å². The van der Waals surface area contributed by atoms with E-state index in [2.05, 4.69) is 34.5 Å². The quantitative estimate of drug-likeness (QED) is 0.628. The van der Waals surface area contributed by atoms with E-state index in [9.17, 15) is 9.90 Å². The van der Waals surface area contributed by atoms with Crippen molar-refractivity contribution >= 4 is 33.7 Å². The Labute approximate surface area is 146 Å². The van der Waals surface area contributed by atoms with Crippen molar-refractivity contribution < 1.29 is 14.6 Å². The molecule has 1 rings (SSSR count). The third-order valence-corrected chi connectivity index (χ3v) is 5.42. The molecule has 1 unspecified atom stereocenters. The average Bonchev–Trinajstić information content (AvgIpc) is 2.46.